The standard InChI is InChI=1S/C11H23NO4/c1-10(2)12(9-11(13)14)5-4-6-16-8-7-15-3/h10H,4-9H2,1-3H3,(H,13,14). The lowest BCUT2D eigenvalue weighted by Crippen LogP contribution is -2.36. The van der Waals surface area contributed by atoms with E-state index in [9.17, 15) is 4.79 Å². The van der Waals surface area contributed by atoms with Crippen molar-refractivity contribution in [3.8, 4) is 0 Å². The average molecular weight is 233 g/mol. The van der Waals surface area contributed by atoms with Crippen molar-refractivity contribution in [3.05, 3.63) is 0 Å². The number of nitrogens with zero attached hydrogens (tertiary/aromatic N) is 1. The molecular formula is C11H23NO4. The molecule has 0 aliphatic carbocycles. The first-order valence-electron chi connectivity index (χ1n) is 5.60. The van der Waals surface area contributed by atoms with Gasteiger partial charge in [-0.25, -0.2) is 0 Å². The van der Waals surface area contributed by atoms with E-state index in [0.717, 1.165) is 13.0 Å². The SMILES string of the molecule is COCCOCCCN(CC(=O)O)C(C)C. The molecule has 0 saturated carbocycles. The number of aliphatic carboxylic acids is 1. The van der Waals surface area contributed by atoms with E-state index in [-0.39, 0.29) is 12.6 Å². The molecular weight excluding hydrogens is 210 g/mol. The number of hydrogen-bond donors (Lipinski definition) is 1. The Morgan fingerprint density at radius 3 is 2.50 bits per heavy atom. The largest absolute Gasteiger partial charge is 0.480 e. The van der Waals surface area contributed by atoms with Crippen LogP contribution in [0.4, 0.5) is 0 Å². The third-order valence-electron chi connectivity index (χ3n) is 2.23. The van der Waals surface area contributed by atoms with Gasteiger partial charge in [-0.2, -0.15) is 0 Å². The molecule has 0 bridgehead atoms. The Bertz CT molecular complexity index is 185. The van der Waals surface area contributed by atoms with Crippen molar-refractivity contribution in [1.29, 1.82) is 0 Å². The molecule has 0 atom stereocenters. The summed E-state index contributed by atoms with van der Waals surface area (Å²) in [5.41, 5.74) is 0. The quantitative estimate of drug-likeness (QED) is 0.566. The lowest BCUT2D eigenvalue weighted by molar-refractivity contribution is -0.138. The summed E-state index contributed by atoms with van der Waals surface area (Å²) in [5, 5.41) is 8.72. The van der Waals surface area contributed by atoms with Crippen molar-refractivity contribution >= 4 is 5.97 Å². The second kappa shape index (κ2) is 9.57. The molecule has 0 unspecified atom stereocenters. The van der Waals surface area contributed by atoms with Crippen LogP contribution in [-0.2, 0) is 14.3 Å². The van der Waals surface area contributed by atoms with Gasteiger partial charge in [-0.15, -0.1) is 0 Å². The van der Waals surface area contributed by atoms with Gasteiger partial charge >= 0.3 is 5.97 Å². The van der Waals surface area contributed by atoms with Gasteiger partial charge in [0.25, 0.3) is 0 Å². The molecule has 0 rings (SSSR count). The van der Waals surface area contributed by atoms with E-state index in [1.165, 1.54) is 0 Å². The van der Waals surface area contributed by atoms with Gasteiger partial charge in [0.05, 0.1) is 19.8 Å². The van der Waals surface area contributed by atoms with Crippen molar-refractivity contribution in [2.75, 3.05) is 40.0 Å². The summed E-state index contributed by atoms with van der Waals surface area (Å²) in [4.78, 5) is 12.5. The molecule has 1 N–H and O–H groups in total. The fourth-order valence-corrected chi connectivity index (χ4v) is 1.31. The number of rotatable bonds is 10. The molecule has 5 heteroatoms. The third kappa shape index (κ3) is 8.64. The molecule has 0 aliphatic heterocycles. The second-order valence-corrected chi connectivity index (χ2v) is 3.92. The molecule has 0 aromatic rings. The first-order valence-corrected chi connectivity index (χ1v) is 5.60. The highest BCUT2D eigenvalue weighted by atomic mass is 16.5. The molecule has 0 aromatic heterocycles. The lowest BCUT2D eigenvalue weighted by Gasteiger charge is -2.24. The zero-order chi connectivity index (χ0) is 12.4. The van der Waals surface area contributed by atoms with Gasteiger partial charge in [0, 0.05) is 26.3 Å². The zero-order valence-corrected chi connectivity index (χ0v) is 10.4. The van der Waals surface area contributed by atoms with Gasteiger partial charge in [-0.3, -0.25) is 9.69 Å². The van der Waals surface area contributed by atoms with E-state index in [1.54, 1.807) is 7.11 Å². The maximum Gasteiger partial charge on any atom is 0.317 e. The highest BCUT2D eigenvalue weighted by Crippen LogP contribution is 1.99. The summed E-state index contributed by atoms with van der Waals surface area (Å²) in [6, 6.07) is 0.245. The third-order valence-corrected chi connectivity index (χ3v) is 2.23. The van der Waals surface area contributed by atoms with Crippen LogP contribution in [0.5, 0.6) is 0 Å². The van der Waals surface area contributed by atoms with E-state index in [1.807, 2.05) is 18.7 Å². The Hall–Kier alpha value is -0.650. The summed E-state index contributed by atoms with van der Waals surface area (Å²) in [6.45, 7) is 6.67. The number of hydrogen-bond acceptors (Lipinski definition) is 4. The summed E-state index contributed by atoms with van der Waals surface area (Å²) in [7, 11) is 1.64. The van der Waals surface area contributed by atoms with Crippen LogP contribution in [-0.4, -0.2) is 62.0 Å². The predicted octanol–water partition coefficient (Wildman–Crippen LogP) is 0.835. The van der Waals surface area contributed by atoms with Crippen LogP contribution in [0.3, 0.4) is 0 Å². The molecule has 0 saturated heterocycles. The highest BCUT2D eigenvalue weighted by molar-refractivity contribution is 5.69. The summed E-state index contributed by atoms with van der Waals surface area (Å²) in [5.74, 6) is -0.783. The monoisotopic (exact) mass is 233 g/mol. The predicted molar refractivity (Wildman–Crippen MR) is 61.7 cm³/mol. The molecule has 0 amide bonds. The van der Waals surface area contributed by atoms with E-state index in [4.69, 9.17) is 14.6 Å². The Morgan fingerprint density at radius 1 is 1.31 bits per heavy atom. The Morgan fingerprint density at radius 2 is 2.00 bits per heavy atom. The zero-order valence-electron chi connectivity index (χ0n) is 10.4. The van der Waals surface area contributed by atoms with Gasteiger partial charge < -0.3 is 14.6 Å². The van der Waals surface area contributed by atoms with Gasteiger partial charge in [0.2, 0.25) is 0 Å². The molecule has 96 valence electrons. The molecule has 0 aliphatic rings. The lowest BCUT2D eigenvalue weighted by atomic mass is 10.3. The Balaban J connectivity index is 3.56. The number of methoxy groups -OCH3 is 1. The van der Waals surface area contributed by atoms with E-state index in [0.29, 0.717) is 19.8 Å². The minimum Gasteiger partial charge on any atom is -0.480 e. The number of ether oxygens (including phenoxy) is 2. The molecule has 0 fully saturated rings. The fourth-order valence-electron chi connectivity index (χ4n) is 1.31. The van der Waals surface area contributed by atoms with Crippen molar-refractivity contribution in [1.82, 2.24) is 4.90 Å². The summed E-state index contributed by atoms with van der Waals surface area (Å²) in [6.07, 6.45) is 0.842. The van der Waals surface area contributed by atoms with Gasteiger partial charge in [-0.1, -0.05) is 0 Å². The number of carbonyl (C=O) groups is 1. The fraction of sp³-hybridized carbons (Fsp3) is 0.909. The first-order chi connectivity index (χ1) is 7.57. The topological polar surface area (TPSA) is 59.0 Å². The normalized spacial score (nSPS) is 11.3. The van der Waals surface area contributed by atoms with Gasteiger partial charge in [0.1, 0.15) is 0 Å². The Labute approximate surface area is 97.3 Å². The molecule has 16 heavy (non-hydrogen) atoms. The molecule has 0 heterocycles. The van der Waals surface area contributed by atoms with Crippen molar-refractivity contribution in [2.45, 2.75) is 26.3 Å². The van der Waals surface area contributed by atoms with Gasteiger partial charge in [0.15, 0.2) is 0 Å². The van der Waals surface area contributed by atoms with Crippen LogP contribution >= 0.6 is 0 Å². The smallest absolute Gasteiger partial charge is 0.317 e. The number of carboxylic acids is 1. The van der Waals surface area contributed by atoms with Crippen LogP contribution < -0.4 is 0 Å². The molecule has 0 aromatic carbocycles. The molecule has 0 radical (unpaired) electrons. The average Bonchev–Trinajstić information content (AvgIpc) is 2.20. The van der Waals surface area contributed by atoms with E-state index in [2.05, 4.69) is 0 Å². The minimum absolute atomic E-state index is 0.0930. The molecule has 0 spiro atoms. The van der Waals surface area contributed by atoms with E-state index < -0.39 is 5.97 Å². The summed E-state index contributed by atoms with van der Waals surface area (Å²) >= 11 is 0. The van der Waals surface area contributed by atoms with Crippen LogP contribution in [0, 0.1) is 0 Å². The number of carboxylic acid groups (broad SMARTS) is 1. The highest BCUT2D eigenvalue weighted by Gasteiger charge is 2.12. The summed E-state index contributed by atoms with van der Waals surface area (Å²) < 4.78 is 10.2. The van der Waals surface area contributed by atoms with Crippen molar-refractivity contribution in [2.24, 2.45) is 0 Å². The van der Waals surface area contributed by atoms with Crippen LogP contribution in [0.1, 0.15) is 20.3 Å². The van der Waals surface area contributed by atoms with Crippen LogP contribution in [0.15, 0.2) is 0 Å². The molecule has 5 nitrogen and oxygen atoms in total. The first kappa shape index (κ1) is 15.3. The second-order valence-electron chi connectivity index (χ2n) is 3.92. The van der Waals surface area contributed by atoms with E-state index >= 15 is 0 Å². The van der Waals surface area contributed by atoms with Crippen molar-refractivity contribution in [3.63, 3.8) is 0 Å². The van der Waals surface area contributed by atoms with Crippen LogP contribution in [0.25, 0.3) is 0 Å². The van der Waals surface area contributed by atoms with Crippen LogP contribution in [0.2, 0.25) is 0 Å². The minimum atomic E-state index is -0.783. The maximum absolute atomic E-state index is 10.6. The maximum atomic E-state index is 10.6. The van der Waals surface area contributed by atoms with Gasteiger partial charge in [-0.05, 0) is 20.3 Å². The van der Waals surface area contributed by atoms with Crippen molar-refractivity contribution < 1.29 is 19.4 Å². The Kier molecular flexibility index (Phi) is 9.18.